The molecule has 4 rings (SSSR count). The second-order valence-corrected chi connectivity index (χ2v) is 7.36. The number of hydrogen-bond donors (Lipinski definition) is 0. The van der Waals surface area contributed by atoms with E-state index in [-0.39, 0.29) is 0 Å². The van der Waals surface area contributed by atoms with Crippen LogP contribution in [0.15, 0.2) is 58.5 Å². The van der Waals surface area contributed by atoms with Gasteiger partial charge in [0.1, 0.15) is 6.26 Å². The molecule has 4 heteroatoms. The van der Waals surface area contributed by atoms with Crippen molar-refractivity contribution in [3.05, 3.63) is 65.4 Å². The Bertz CT molecular complexity index is 751. The molecular formula is C20H22N2OS. The van der Waals surface area contributed by atoms with Crippen LogP contribution in [0.1, 0.15) is 30.5 Å². The van der Waals surface area contributed by atoms with Crippen LogP contribution >= 0.6 is 11.3 Å². The van der Waals surface area contributed by atoms with Crippen LogP contribution < -0.4 is 0 Å². The third kappa shape index (κ3) is 3.60. The number of thiophene rings is 1. The summed E-state index contributed by atoms with van der Waals surface area (Å²) in [5.74, 6) is 0.750. The van der Waals surface area contributed by atoms with Gasteiger partial charge in [0.2, 0.25) is 5.89 Å². The molecule has 124 valence electrons. The summed E-state index contributed by atoms with van der Waals surface area (Å²) < 4.78 is 5.66. The SMILES string of the molecule is c1ccc(CC[C@@H]2CCCN2Cc2coc(-c3cccs3)n2)cc1. The summed E-state index contributed by atoms with van der Waals surface area (Å²) in [7, 11) is 0. The Morgan fingerprint density at radius 1 is 1.17 bits per heavy atom. The predicted octanol–water partition coefficient (Wildman–Crippen LogP) is 5.00. The summed E-state index contributed by atoms with van der Waals surface area (Å²) >= 11 is 1.67. The molecule has 0 unspecified atom stereocenters. The molecule has 24 heavy (non-hydrogen) atoms. The van der Waals surface area contributed by atoms with E-state index in [9.17, 15) is 0 Å². The molecule has 0 amide bonds. The van der Waals surface area contributed by atoms with Crippen LogP contribution in [0.25, 0.3) is 10.8 Å². The van der Waals surface area contributed by atoms with Gasteiger partial charge in [-0.15, -0.1) is 11.3 Å². The Hall–Kier alpha value is -1.91. The molecule has 0 bridgehead atoms. The van der Waals surface area contributed by atoms with Crippen molar-refractivity contribution < 1.29 is 4.42 Å². The van der Waals surface area contributed by atoms with E-state index in [1.54, 1.807) is 11.3 Å². The number of oxazole rings is 1. The minimum atomic E-state index is 0.659. The van der Waals surface area contributed by atoms with E-state index in [0.717, 1.165) is 29.4 Å². The van der Waals surface area contributed by atoms with Gasteiger partial charge in [0.25, 0.3) is 0 Å². The number of likely N-dealkylation sites (tertiary alicyclic amines) is 1. The molecule has 0 saturated carbocycles. The van der Waals surface area contributed by atoms with E-state index < -0.39 is 0 Å². The molecule has 0 aliphatic carbocycles. The lowest BCUT2D eigenvalue weighted by atomic mass is 10.0. The number of aryl methyl sites for hydroxylation is 1. The Balaban J connectivity index is 1.37. The zero-order valence-electron chi connectivity index (χ0n) is 13.7. The molecule has 1 aromatic carbocycles. The molecule has 1 aliphatic rings. The van der Waals surface area contributed by atoms with Crippen molar-refractivity contribution in [3.63, 3.8) is 0 Å². The summed E-state index contributed by atoms with van der Waals surface area (Å²) in [6.45, 7) is 2.06. The first-order valence-electron chi connectivity index (χ1n) is 8.65. The normalized spacial score (nSPS) is 18.2. The van der Waals surface area contributed by atoms with Crippen LogP contribution in [-0.2, 0) is 13.0 Å². The first kappa shape index (κ1) is 15.6. The number of aromatic nitrogens is 1. The molecule has 1 fully saturated rings. The molecule has 3 aromatic rings. The number of nitrogens with zero attached hydrogens (tertiary/aromatic N) is 2. The van der Waals surface area contributed by atoms with Gasteiger partial charge in [-0.25, -0.2) is 4.98 Å². The summed E-state index contributed by atoms with van der Waals surface area (Å²) in [4.78, 5) is 8.34. The van der Waals surface area contributed by atoms with Crippen molar-refractivity contribution in [1.29, 1.82) is 0 Å². The van der Waals surface area contributed by atoms with Gasteiger partial charge in [0, 0.05) is 12.6 Å². The van der Waals surface area contributed by atoms with Crippen molar-refractivity contribution in [1.82, 2.24) is 9.88 Å². The largest absolute Gasteiger partial charge is 0.444 e. The van der Waals surface area contributed by atoms with Gasteiger partial charge in [-0.3, -0.25) is 4.90 Å². The van der Waals surface area contributed by atoms with E-state index in [2.05, 4.69) is 51.7 Å². The first-order chi connectivity index (χ1) is 11.9. The van der Waals surface area contributed by atoms with Crippen LogP contribution in [0, 0.1) is 0 Å². The van der Waals surface area contributed by atoms with Gasteiger partial charge in [-0.2, -0.15) is 0 Å². The molecule has 1 atom stereocenters. The molecule has 0 N–H and O–H groups in total. The third-order valence-electron chi connectivity index (χ3n) is 4.76. The molecule has 2 aromatic heterocycles. The topological polar surface area (TPSA) is 29.3 Å². The van der Waals surface area contributed by atoms with E-state index >= 15 is 0 Å². The average molecular weight is 338 g/mol. The molecule has 1 saturated heterocycles. The summed E-state index contributed by atoms with van der Waals surface area (Å²) in [5.41, 5.74) is 2.48. The second kappa shape index (κ2) is 7.32. The van der Waals surface area contributed by atoms with E-state index in [1.165, 1.54) is 31.4 Å². The van der Waals surface area contributed by atoms with Gasteiger partial charge in [0.05, 0.1) is 10.6 Å². The highest BCUT2D eigenvalue weighted by molar-refractivity contribution is 7.13. The van der Waals surface area contributed by atoms with E-state index in [1.807, 2.05) is 12.3 Å². The van der Waals surface area contributed by atoms with E-state index in [4.69, 9.17) is 4.42 Å². The minimum absolute atomic E-state index is 0.659. The summed E-state index contributed by atoms with van der Waals surface area (Å²) in [6.07, 6.45) is 6.78. The van der Waals surface area contributed by atoms with Crippen molar-refractivity contribution in [2.75, 3.05) is 6.54 Å². The fourth-order valence-electron chi connectivity index (χ4n) is 3.51. The van der Waals surface area contributed by atoms with Gasteiger partial charge in [-0.1, -0.05) is 36.4 Å². The number of benzene rings is 1. The van der Waals surface area contributed by atoms with Crippen LogP contribution in [0.3, 0.4) is 0 Å². The fraction of sp³-hybridized carbons (Fsp3) is 0.350. The standard InChI is InChI=1S/C20H22N2OS/c1-2-6-16(7-3-1)10-11-18-8-4-12-22(18)14-17-15-23-20(21-17)19-9-5-13-24-19/h1-3,5-7,9,13,15,18H,4,8,10-12,14H2/t18-/m0/s1. The lowest BCUT2D eigenvalue weighted by molar-refractivity contribution is 0.232. The Morgan fingerprint density at radius 3 is 2.92 bits per heavy atom. The smallest absolute Gasteiger partial charge is 0.236 e. The van der Waals surface area contributed by atoms with Crippen LogP contribution in [0.4, 0.5) is 0 Å². The highest BCUT2D eigenvalue weighted by atomic mass is 32.1. The Morgan fingerprint density at radius 2 is 2.08 bits per heavy atom. The maximum Gasteiger partial charge on any atom is 0.236 e. The quantitative estimate of drug-likeness (QED) is 0.633. The lowest BCUT2D eigenvalue weighted by Gasteiger charge is -2.23. The van der Waals surface area contributed by atoms with Crippen molar-refractivity contribution >= 4 is 11.3 Å². The maximum atomic E-state index is 5.66. The summed E-state index contributed by atoms with van der Waals surface area (Å²) in [5, 5.41) is 2.05. The molecule has 3 heterocycles. The van der Waals surface area contributed by atoms with E-state index in [0.29, 0.717) is 6.04 Å². The molecule has 0 spiro atoms. The van der Waals surface area contributed by atoms with Crippen LogP contribution in [-0.4, -0.2) is 22.5 Å². The molecule has 3 nitrogen and oxygen atoms in total. The third-order valence-corrected chi connectivity index (χ3v) is 5.61. The van der Waals surface area contributed by atoms with Crippen LogP contribution in [0.5, 0.6) is 0 Å². The maximum absolute atomic E-state index is 5.66. The fourth-order valence-corrected chi connectivity index (χ4v) is 4.16. The molecule has 0 radical (unpaired) electrons. The number of rotatable bonds is 6. The molecule has 1 aliphatic heterocycles. The van der Waals surface area contributed by atoms with Crippen molar-refractivity contribution in [2.45, 2.75) is 38.3 Å². The lowest BCUT2D eigenvalue weighted by Crippen LogP contribution is -2.29. The Kier molecular flexibility index (Phi) is 4.76. The highest BCUT2D eigenvalue weighted by Gasteiger charge is 2.25. The highest BCUT2D eigenvalue weighted by Crippen LogP contribution is 2.27. The first-order valence-corrected chi connectivity index (χ1v) is 9.53. The number of hydrogen-bond acceptors (Lipinski definition) is 4. The molecular weight excluding hydrogens is 316 g/mol. The zero-order valence-corrected chi connectivity index (χ0v) is 14.5. The zero-order chi connectivity index (χ0) is 16.2. The predicted molar refractivity (Wildman–Crippen MR) is 98.0 cm³/mol. The second-order valence-electron chi connectivity index (χ2n) is 6.41. The minimum Gasteiger partial charge on any atom is -0.444 e. The van der Waals surface area contributed by atoms with Crippen molar-refractivity contribution in [2.24, 2.45) is 0 Å². The van der Waals surface area contributed by atoms with Gasteiger partial charge in [0.15, 0.2) is 0 Å². The van der Waals surface area contributed by atoms with Gasteiger partial charge >= 0.3 is 0 Å². The van der Waals surface area contributed by atoms with Crippen molar-refractivity contribution in [3.8, 4) is 10.8 Å². The van der Waals surface area contributed by atoms with Gasteiger partial charge < -0.3 is 4.42 Å². The summed E-state index contributed by atoms with van der Waals surface area (Å²) in [6, 6.07) is 15.5. The Labute approximate surface area is 147 Å². The van der Waals surface area contributed by atoms with Gasteiger partial charge in [-0.05, 0) is 49.2 Å². The average Bonchev–Trinajstić information content (AvgIpc) is 3.36. The van der Waals surface area contributed by atoms with Crippen LogP contribution in [0.2, 0.25) is 0 Å². The monoisotopic (exact) mass is 338 g/mol.